The molecule has 1 aliphatic rings. The van der Waals surface area contributed by atoms with Gasteiger partial charge in [0.15, 0.2) is 0 Å². The normalized spacial score (nSPS) is 16.6. The number of rotatable bonds is 7. The summed E-state index contributed by atoms with van der Waals surface area (Å²) in [5.41, 5.74) is 3.52. The fourth-order valence-corrected chi connectivity index (χ4v) is 3.68. The Bertz CT molecular complexity index is 839. The first kappa shape index (κ1) is 20.1. The molecular formula is C22H30N6. The van der Waals surface area contributed by atoms with E-state index < -0.39 is 0 Å². The third kappa shape index (κ3) is 4.99. The summed E-state index contributed by atoms with van der Waals surface area (Å²) in [5.74, 6) is 1.58. The van der Waals surface area contributed by atoms with Gasteiger partial charge in [0, 0.05) is 36.6 Å². The summed E-state index contributed by atoms with van der Waals surface area (Å²) in [6.45, 7) is 9.24. The average Bonchev–Trinajstić information content (AvgIpc) is 2.70. The lowest BCUT2D eigenvalue weighted by Crippen LogP contribution is -2.46. The van der Waals surface area contributed by atoms with E-state index in [4.69, 9.17) is 9.97 Å². The van der Waals surface area contributed by atoms with E-state index in [-0.39, 0.29) is 0 Å². The first-order valence-electron chi connectivity index (χ1n) is 10.3. The van der Waals surface area contributed by atoms with Crippen LogP contribution in [0.2, 0.25) is 0 Å². The van der Waals surface area contributed by atoms with Crippen LogP contribution in [0.5, 0.6) is 0 Å². The molecule has 6 heteroatoms. The molecule has 0 aliphatic carbocycles. The highest BCUT2D eigenvalue weighted by molar-refractivity contribution is 5.59. The van der Waals surface area contributed by atoms with Gasteiger partial charge >= 0.3 is 0 Å². The van der Waals surface area contributed by atoms with E-state index in [2.05, 4.69) is 41.5 Å². The second-order valence-corrected chi connectivity index (χ2v) is 7.40. The summed E-state index contributed by atoms with van der Waals surface area (Å²) in [4.78, 5) is 11.9. The van der Waals surface area contributed by atoms with Gasteiger partial charge in [0.05, 0.1) is 11.6 Å². The van der Waals surface area contributed by atoms with Crippen LogP contribution in [0.4, 0.5) is 17.5 Å². The van der Waals surface area contributed by atoms with Crippen LogP contribution in [-0.2, 0) is 6.42 Å². The predicted octanol–water partition coefficient (Wildman–Crippen LogP) is 3.93. The molecular weight excluding hydrogens is 348 g/mol. The largest absolute Gasteiger partial charge is 0.355 e. The van der Waals surface area contributed by atoms with E-state index in [1.165, 1.54) is 6.42 Å². The molecule has 28 heavy (non-hydrogen) atoms. The molecule has 0 unspecified atom stereocenters. The van der Waals surface area contributed by atoms with E-state index in [9.17, 15) is 5.26 Å². The standard InChI is InChI=1S/C22H30N6/c1-4-7-18-13-21(28-11-6-8-20(15-28)24-5-2)27-22(25-18)26-19-10-9-16(3)17(12-19)14-23/h9-10,12-13,20,24H,4-8,11,15H2,1-3H3,(H,25,26,27)/t20-/m0/s1. The summed E-state index contributed by atoms with van der Waals surface area (Å²) >= 11 is 0. The molecule has 1 atom stereocenters. The summed E-state index contributed by atoms with van der Waals surface area (Å²) in [7, 11) is 0. The van der Waals surface area contributed by atoms with Crippen molar-refractivity contribution in [3.8, 4) is 6.07 Å². The van der Waals surface area contributed by atoms with Gasteiger partial charge in [-0.3, -0.25) is 0 Å². The highest BCUT2D eigenvalue weighted by atomic mass is 15.2. The van der Waals surface area contributed by atoms with Crippen LogP contribution in [0.15, 0.2) is 24.3 Å². The van der Waals surface area contributed by atoms with Crippen LogP contribution in [0.3, 0.4) is 0 Å². The maximum absolute atomic E-state index is 9.28. The van der Waals surface area contributed by atoms with Crippen molar-refractivity contribution < 1.29 is 0 Å². The molecule has 2 N–H and O–H groups in total. The van der Waals surface area contributed by atoms with Crippen molar-refractivity contribution in [2.75, 3.05) is 29.9 Å². The van der Waals surface area contributed by atoms with Crippen LogP contribution >= 0.6 is 0 Å². The summed E-state index contributed by atoms with van der Waals surface area (Å²) in [6.07, 6.45) is 4.34. The van der Waals surface area contributed by atoms with Gasteiger partial charge in [0.25, 0.3) is 0 Å². The molecule has 2 aromatic rings. The van der Waals surface area contributed by atoms with Gasteiger partial charge < -0.3 is 15.5 Å². The van der Waals surface area contributed by atoms with Crippen molar-refractivity contribution in [2.45, 2.75) is 52.5 Å². The third-order valence-corrected chi connectivity index (χ3v) is 5.12. The lowest BCUT2D eigenvalue weighted by Gasteiger charge is -2.34. The van der Waals surface area contributed by atoms with Crippen LogP contribution < -0.4 is 15.5 Å². The Labute approximate surface area is 168 Å². The summed E-state index contributed by atoms with van der Waals surface area (Å²) in [6, 6.07) is 10.6. The average molecular weight is 379 g/mol. The summed E-state index contributed by atoms with van der Waals surface area (Å²) < 4.78 is 0. The molecule has 1 saturated heterocycles. The Kier molecular flexibility index (Phi) is 6.83. The van der Waals surface area contributed by atoms with Crippen LogP contribution in [-0.4, -0.2) is 35.6 Å². The molecule has 1 fully saturated rings. The highest BCUT2D eigenvalue weighted by Crippen LogP contribution is 2.23. The molecule has 148 valence electrons. The monoisotopic (exact) mass is 378 g/mol. The van der Waals surface area contributed by atoms with Crippen molar-refractivity contribution in [3.05, 3.63) is 41.1 Å². The number of anilines is 3. The van der Waals surface area contributed by atoms with E-state index in [1.54, 1.807) is 0 Å². The van der Waals surface area contributed by atoms with Crippen molar-refractivity contribution in [1.29, 1.82) is 5.26 Å². The lowest BCUT2D eigenvalue weighted by atomic mass is 10.1. The molecule has 0 radical (unpaired) electrons. The molecule has 0 saturated carbocycles. The lowest BCUT2D eigenvalue weighted by molar-refractivity contribution is 0.429. The van der Waals surface area contributed by atoms with Gasteiger partial charge in [-0.15, -0.1) is 0 Å². The predicted molar refractivity (Wildman–Crippen MR) is 114 cm³/mol. The second kappa shape index (κ2) is 9.52. The van der Waals surface area contributed by atoms with Gasteiger partial charge in [-0.25, -0.2) is 4.98 Å². The Morgan fingerprint density at radius 3 is 2.86 bits per heavy atom. The molecule has 0 amide bonds. The van der Waals surface area contributed by atoms with Crippen LogP contribution in [0.1, 0.15) is 49.9 Å². The van der Waals surface area contributed by atoms with E-state index in [0.29, 0.717) is 17.6 Å². The minimum atomic E-state index is 0.509. The Morgan fingerprint density at radius 2 is 2.11 bits per heavy atom. The van der Waals surface area contributed by atoms with Gasteiger partial charge in [-0.1, -0.05) is 26.3 Å². The molecule has 6 nitrogen and oxygen atoms in total. The maximum Gasteiger partial charge on any atom is 0.229 e. The SMILES string of the molecule is CCCc1cc(N2CCC[C@H](NCC)C2)nc(Nc2ccc(C)c(C#N)c2)n1. The molecule has 2 heterocycles. The number of nitrogens with zero attached hydrogens (tertiary/aromatic N) is 4. The number of nitriles is 1. The van der Waals surface area contributed by atoms with E-state index in [1.807, 2.05) is 25.1 Å². The van der Waals surface area contributed by atoms with Gasteiger partial charge in [0.1, 0.15) is 5.82 Å². The van der Waals surface area contributed by atoms with Crippen LogP contribution in [0, 0.1) is 18.3 Å². The summed E-state index contributed by atoms with van der Waals surface area (Å²) in [5, 5.41) is 16.2. The van der Waals surface area contributed by atoms with Crippen molar-refractivity contribution in [1.82, 2.24) is 15.3 Å². The fourth-order valence-electron chi connectivity index (χ4n) is 3.68. The van der Waals surface area contributed by atoms with Gasteiger partial charge in [-0.2, -0.15) is 10.2 Å². The molecule has 1 aromatic carbocycles. The minimum Gasteiger partial charge on any atom is -0.355 e. The number of aromatic nitrogens is 2. The fraction of sp³-hybridized carbons (Fsp3) is 0.500. The molecule has 0 spiro atoms. The maximum atomic E-state index is 9.28. The number of piperidine rings is 1. The zero-order valence-electron chi connectivity index (χ0n) is 17.1. The molecule has 0 bridgehead atoms. The topological polar surface area (TPSA) is 76.9 Å². The zero-order chi connectivity index (χ0) is 19.9. The number of benzene rings is 1. The van der Waals surface area contributed by atoms with Crippen LogP contribution in [0.25, 0.3) is 0 Å². The second-order valence-electron chi connectivity index (χ2n) is 7.40. The minimum absolute atomic E-state index is 0.509. The van der Waals surface area contributed by atoms with E-state index >= 15 is 0 Å². The molecule has 3 rings (SSSR count). The third-order valence-electron chi connectivity index (χ3n) is 5.12. The van der Waals surface area contributed by atoms with Gasteiger partial charge in [-0.05, 0) is 50.4 Å². The van der Waals surface area contributed by atoms with Crippen molar-refractivity contribution in [2.24, 2.45) is 0 Å². The number of likely N-dealkylation sites (N-methyl/N-ethyl adjacent to an activating group) is 1. The quantitative estimate of drug-likeness (QED) is 0.760. The number of aryl methyl sites for hydroxylation is 2. The Balaban J connectivity index is 1.86. The van der Waals surface area contributed by atoms with E-state index in [0.717, 1.165) is 61.7 Å². The number of hydrogen-bond donors (Lipinski definition) is 2. The molecule has 1 aliphatic heterocycles. The Morgan fingerprint density at radius 1 is 1.25 bits per heavy atom. The first-order chi connectivity index (χ1) is 13.6. The van der Waals surface area contributed by atoms with Gasteiger partial charge in [0.2, 0.25) is 5.95 Å². The Hall–Kier alpha value is -2.65. The zero-order valence-corrected chi connectivity index (χ0v) is 17.1. The highest BCUT2D eigenvalue weighted by Gasteiger charge is 2.21. The van der Waals surface area contributed by atoms with Crippen molar-refractivity contribution in [3.63, 3.8) is 0 Å². The van der Waals surface area contributed by atoms with Crippen molar-refractivity contribution >= 4 is 17.5 Å². The smallest absolute Gasteiger partial charge is 0.229 e. The number of hydrogen-bond acceptors (Lipinski definition) is 6. The molecule has 1 aromatic heterocycles. The number of nitrogens with one attached hydrogen (secondary N) is 2. The first-order valence-corrected chi connectivity index (χ1v) is 10.3.